The third kappa shape index (κ3) is 4.27. The molecule has 0 saturated heterocycles. The lowest BCUT2D eigenvalue weighted by molar-refractivity contribution is 0.0603. The molecule has 0 amide bonds. The first kappa shape index (κ1) is 23.8. The van der Waals surface area contributed by atoms with Crippen LogP contribution < -0.4 is 16.2 Å². The Labute approximate surface area is 203 Å². The van der Waals surface area contributed by atoms with Gasteiger partial charge in [0.05, 0.1) is 5.69 Å². The van der Waals surface area contributed by atoms with Gasteiger partial charge in [-0.25, -0.2) is 4.39 Å². The number of aliphatic hydroxyl groups excluding tert-OH is 1. The van der Waals surface area contributed by atoms with Gasteiger partial charge in [-0.15, -0.1) is 0 Å². The molecule has 176 valence electrons. The van der Waals surface area contributed by atoms with Crippen LogP contribution in [0.2, 0.25) is 0 Å². The van der Waals surface area contributed by atoms with Crippen LogP contribution in [0.3, 0.4) is 0 Å². The van der Waals surface area contributed by atoms with Crippen molar-refractivity contribution in [3.05, 3.63) is 87.7 Å². The molecule has 0 fully saturated rings. The molecule has 0 saturated carbocycles. The van der Waals surface area contributed by atoms with Crippen molar-refractivity contribution in [2.75, 3.05) is 18.1 Å². The molecule has 2 atom stereocenters. The Kier molecular flexibility index (Phi) is 6.65. The van der Waals surface area contributed by atoms with Crippen LogP contribution >= 0.6 is 11.9 Å². The van der Waals surface area contributed by atoms with Gasteiger partial charge in [-0.2, -0.15) is 0 Å². The average Bonchev–Trinajstić information content (AvgIpc) is 2.83. The number of hydrogen-bond donors (Lipinski definition) is 5. The fourth-order valence-electron chi connectivity index (χ4n) is 4.36. The zero-order valence-corrected chi connectivity index (χ0v) is 20.1. The predicted molar refractivity (Wildman–Crippen MR) is 139 cm³/mol. The Morgan fingerprint density at radius 1 is 1.24 bits per heavy atom. The normalized spacial score (nSPS) is 16.0. The average molecular weight is 478 g/mol. The number of fused-ring (bicyclic) bond motifs is 1. The first-order valence-electron chi connectivity index (χ1n) is 10.8. The van der Waals surface area contributed by atoms with Crippen molar-refractivity contribution in [3.8, 4) is 0 Å². The van der Waals surface area contributed by atoms with Crippen molar-refractivity contribution < 1.29 is 9.50 Å². The molecule has 3 aromatic rings. The zero-order valence-electron chi connectivity index (χ0n) is 19.3. The summed E-state index contributed by atoms with van der Waals surface area (Å²) in [5, 5.41) is 28.2. The van der Waals surface area contributed by atoms with E-state index in [0.29, 0.717) is 16.8 Å². The van der Waals surface area contributed by atoms with Gasteiger partial charge in [-0.3, -0.25) is 5.14 Å². The Bertz CT molecular complexity index is 1290. The van der Waals surface area contributed by atoms with E-state index in [-0.39, 0.29) is 11.7 Å². The molecular formula is C26H28FN5OS. The second kappa shape index (κ2) is 9.50. The summed E-state index contributed by atoms with van der Waals surface area (Å²) >= 11 is 1.18. The molecule has 0 radical (unpaired) electrons. The molecule has 1 aliphatic rings. The van der Waals surface area contributed by atoms with E-state index in [1.165, 1.54) is 18.0 Å². The molecule has 4 rings (SSSR count). The molecule has 1 heterocycles. The number of aryl methyl sites for hydroxylation is 1. The fraction of sp³-hybridized carbons (Fsp3) is 0.192. The number of hydrogen-bond acceptors (Lipinski definition) is 7. The number of nitrogens with zero attached hydrogens (tertiary/aromatic N) is 1. The molecule has 0 spiro atoms. The van der Waals surface area contributed by atoms with Crippen LogP contribution in [0, 0.1) is 18.2 Å². The van der Waals surface area contributed by atoms with Crippen molar-refractivity contribution in [1.29, 1.82) is 5.41 Å². The third-order valence-electron chi connectivity index (χ3n) is 6.16. The van der Waals surface area contributed by atoms with Gasteiger partial charge in [0.25, 0.3) is 0 Å². The summed E-state index contributed by atoms with van der Waals surface area (Å²) in [6.07, 6.45) is 2.07. The van der Waals surface area contributed by atoms with Gasteiger partial charge in [0.1, 0.15) is 5.82 Å². The van der Waals surface area contributed by atoms with E-state index in [4.69, 9.17) is 16.3 Å². The number of nitrogens with one attached hydrogen (secondary N) is 2. The predicted octanol–water partition coefficient (Wildman–Crippen LogP) is 5.29. The minimum absolute atomic E-state index is 0.0654. The fourth-order valence-corrected chi connectivity index (χ4v) is 4.78. The summed E-state index contributed by atoms with van der Waals surface area (Å²) in [4.78, 5) is 2.63. The summed E-state index contributed by atoms with van der Waals surface area (Å²) < 4.78 is 14.5. The first-order valence-corrected chi connectivity index (χ1v) is 11.7. The quantitative estimate of drug-likeness (QED) is 0.187. The third-order valence-corrected chi connectivity index (χ3v) is 6.77. The van der Waals surface area contributed by atoms with Gasteiger partial charge in [-0.1, -0.05) is 29.8 Å². The molecule has 0 aromatic heterocycles. The number of halogens is 1. The topological polar surface area (TPSA) is 111 Å². The Morgan fingerprint density at radius 2 is 1.97 bits per heavy atom. The van der Waals surface area contributed by atoms with Gasteiger partial charge in [-0.05, 0) is 67.3 Å². The lowest BCUT2D eigenvalue weighted by atomic mass is 9.88. The molecule has 7 N–H and O–H groups in total. The number of nitrogen functional groups attached to an aromatic ring is 1. The maximum Gasteiger partial charge on any atom is 0.153 e. The maximum absolute atomic E-state index is 14.5. The van der Waals surface area contributed by atoms with Crippen molar-refractivity contribution in [2.24, 2.45) is 5.14 Å². The number of para-hydroxylation sites is 1. The van der Waals surface area contributed by atoms with Gasteiger partial charge in [0.15, 0.2) is 6.23 Å². The number of rotatable bonds is 6. The van der Waals surface area contributed by atoms with Crippen LogP contribution in [0.25, 0.3) is 11.8 Å². The summed E-state index contributed by atoms with van der Waals surface area (Å²) in [6, 6.07) is 14.8. The SMILES string of the molecule is Cc1cc(C(C)Nc2ccccc2SN)c2c(c1)C(O)N(C)C(c1cc(F)c(N)c(C=N)c1)=C2. The highest BCUT2D eigenvalue weighted by Crippen LogP contribution is 2.41. The number of nitrogens with two attached hydrogens (primary N) is 2. The number of benzene rings is 3. The van der Waals surface area contributed by atoms with E-state index in [9.17, 15) is 9.50 Å². The highest BCUT2D eigenvalue weighted by atomic mass is 32.2. The van der Waals surface area contributed by atoms with E-state index in [1.807, 2.05) is 43.3 Å². The van der Waals surface area contributed by atoms with Crippen molar-refractivity contribution in [2.45, 2.75) is 31.0 Å². The monoisotopic (exact) mass is 477 g/mol. The summed E-state index contributed by atoms with van der Waals surface area (Å²) in [7, 11) is 1.76. The number of aliphatic hydroxyl groups is 1. The molecular weight excluding hydrogens is 449 g/mol. The second-order valence-electron chi connectivity index (χ2n) is 8.46. The molecule has 3 aromatic carbocycles. The Balaban J connectivity index is 1.84. The lowest BCUT2D eigenvalue weighted by Gasteiger charge is -2.35. The first-order chi connectivity index (χ1) is 16.2. The van der Waals surface area contributed by atoms with Gasteiger partial charge in [0.2, 0.25) is 0 Å². The van der Waals surface area contributed by atoms with Crippen molar-refractivity contribution in [3.63, 3.8) is 0 Å². The van der Waals surface area contributed by atoms with Crippen molar-refractivity contribution >= 4 is 41.3 Å². The molecule has 0 bridgehead atoms. The van der Waals surface area contributed by atoms with E-state index in [1.54, 1.807) is 18.0 Å². The van der Waals surface area contributed by atoms with E-state index >= 15 is 0 Å². The highest BCUT2D eigenvalue weighted by molar-refractivity contribution is 7.97. The molecule has 8 heteroatoms. The van der Waals surface area contributed by atoms with E-state index in [0.717, 1.165) is 39.1 Å². The minimum atomic E-state index is -0.920. The van der Waals surface area contributed by atoms with Gasteiger partial charge >= 0.3 is 0 Å². The van der Waals surface area contributed by atoms with Crippen LogP contribution in [0.4, 0.5) is 15.8 Å². The van der Waals surface area contributed by atoms with Gasteiger partial charge < -0.3 is 26.5 Å². The summed E-state index contributed by atoms with van der Waals surface area (Å²) in [5.41, 5.74) is 11.8. The van der Waals surface area contributed by atoms with Crippen LogP contribution in [0.5, 0.6) is 0 Å². The largest absolute Gasteiger partial charge is 0.396 e. The maximum atomic E-state index is 14.5. The van der Waals surface area contributed by atoms with E-state index in [2.05, 4.69) is 18.3 Å². The molecule has 2 unspecified atom stereocenters. The number of anilines is 2. The molecule has 0 aliphatic carbocycles. The zero-order chi connectivity index (χ0) is 24.6. The van der Waals surface area contributed by atoms with Crippen LogP contribution in [0.1, 0.15) is 52.6 Å². The van der Waals surface area contributed by atoms with Crippen LogP contribution in [-0.4, -0.2) is 23.3 Å². The summed E-state index contributed by atoms with van der Waals surface area (Å²) in [6.45, 7) is 4.05. The Hall–Kier alpha value is -3.33. The molecule has 6 nitrogen and oxygen atoms in total. The summed E-state index contributed by atoms with van der Waals surface area (Å²) in [5.74, 6) is -0.597. The molecule has 34 heavy (non-hydrogen) atoms. The smallest absolute Gasteiger partial charge is 0.153 e. The van der Waals surface area contributed by atoms with Crippen molar-refractivity contribution in [1.82, 2.24) is 4.90 Å². The minimum Gasteiger partial charge on any atom is -0.396 e. The van der Waals surface area contributed by atoms with Gasteiger partial charge in [0, 0.05) is 52.3 Å². The van der Waals surface area contributed by atoms with Crippen LogP contribution in [-0.2, 0) is 0 Å². The lowest BCUT2D eigenvalue weighted by Crippen LogP contribution is -2.28. The van der Waals surface area contributed by atoms with E-state index < -0.39 is 12.0 Å². The highest BCUT2D eigenvalue weighted by Gasteiger charge is 2.29. The standard InChI is InChI=1S/C26H28FN5OS/c1-14-8-18(15(2)31-22-6-4-5-7-24(22)34-30)19-12-23(32(3)26(33)20(19)9-14)16-10-17(13-28)25(29)21(27)11-16/h4-13,15,26,28,31,33H,29-30H2,1-3H3. The second-order valence-corrected chi connectivity index (χ2v) is 9.13. The Morgan fingerprint density at radius 3 is 2.68 bits per heavy atom. The van der Waals surface area contributed by atoms with Crippen LogP contribution in [0.15, 0.2) is 53.4 Å². The molecule has 1 aliphatic heterocycles.